The predicted molar refractivity (Wildman–Crippen MR) is 63.5 cm³/mol. The topological polar surface area (TPSA) is 104 Å². The lowest BCUT2D eigenvalue weighted by Gasteiger charge is -2.03. The summed E-state index contributed by atoms with van der Waals surface area (Å²) in [5, 5.41) is 24.7. The van der Waals surface area contributed by atoms with Crippen LogP contribution in [-0.2, 0) is 4.79 Å². The number of benzene rings is 1. The molecule has 18 heavy (non-hydrogen) atoms. The van der Waals surface area contributed by atoms with E-state index in [-0.39, 0.29) is 17.9 Å². The number of para-hydroxylation sites is 1. The van der Waals surface area contributed by atoms with Gasteiger partial charge in [0.15, 0.2) is 0 Å². The fraction of sp³-hybridized carbons (Fsp3) is 0.333. The molecule has 6 heteroatoms. The maximum atomic E-state index is 10.6. The van der Waals surface area contributed by atoms with Crippen LogP contribution >= 0.6 is 0 Å². The Kier molecular flexibility index (Phi) is 7.34. The molecule has 0 spiro atoms. The van der Waals surface area contributed by atoms with E-state index in [4.69, 9.17) is 15.3 Å². The summed E-state index contributed by atoms with van der Waals surface area (Å²) >= 11 is 0. The lowest BCUT2D eigenvalue weighted by Crippen LogP contribution is -2.06. The Morgan fingerprint density at radius 3 is 2.22 bits per heavy atom. The number of hydrogen-bond acceptors (Lipinski definition) is 5. The van der Waals surface area contributed by atoms with Crippen molar-refractivity contribution in [2.24, 2.45) is 0 Å². The number of aliphatic hydroxyl groups excluding tert-OH is 2. The molecule has 1 aromatic rings. The van der Waals surface area contributed by atoms with E-state index in [2.05, 4.69) is 4.74 Å². The number of carbonyl (C=O) groups excluding carboxylic acids is 1. The van der Waals surface area contributed by atoms with Gasteiger partial charge in [-0.3, -0.25) is 4.79 Å². The summed E-state index contributed by atoms with van der Waals surface area (Å²) in [6.07, 6.45) is -0.560. The number of carboxylic acid groups (broad SMARTS) is 1. The first-order chi connectivity index (χ1) is 8.38. The number of carboxylic acids is 1. The summed E-state index contributed by atoms with van der Waals surface area (Å²) in [7, 11) is 0. The van der Waals surface area contributed by atoms with Crippen LogP contribution in [0.15, 0.2) is 24.3 Å². The van der Waals surface area contributed by atoms with Crippen LogP contribution in [0.2, 0.25) is 0 Å². The van der Waals surface area contributed by atoms with Crippen LogP contribution < -0.4 is 4.74 Å². The minimum absolute atomic E-state index is 0.0160. The summed E-state index contributed by atoms with van der Waals surface area (Å²) in [6, 6.07) is 5.98. The summed E-state index contributed by atoms with van der Waals surface area (Å²) < 4.78 is 4.69. The average Bonchev–Trinajstić information content (AvgIpc) is 2.29. The average molecular weight is 256 g/mol. The van der Waals surface area contributed by atoms with Crippen molar-refractivity contribution in [1.82, 2.24) is 0 Å². The summed E-state index contributed by atoms with van der Waals surface area (Å²) in [5.74, 6) is -1.58. The van der Waals surface area contributed by atoms with E-state index in [9.17, 15) is 9.59 Å². The molecule has 1 aromatic carbocycles. The molecule has 0 aromatic heterocycles. The van der Waals surface area contributed by atoms with Crippen LogP contribution in [0.1, 0.15) is 24.2 Å². The second-order valence-electron chi connectivity index (χ2n) is 3.43. The maximum Gasteiger partial charge on any atom is 0.339 e. The Morgan fingerprint density at radius 2 is 1.83 bits per heavy atom. The van der Waals surface area contributed by atoms with Crippen LogP contribution in [-0.4, -0.2) is 40.0 Å². The van der Waals surface area contributed by atoms with Gasteiger partial charge in [-0.1, -0.05) is 12.1 Å². The van der Waals surface area contributed by atoms with Crippen LogP contribution in [0.4, 0.5) is 0 Å². The van der Waals surface area contributed by atoms with Crippen LogP contribution in [0.25, 0.3) is 0 Å². The van der Waals surface area contributed by atoms with Gasteiger partial charge >= 0.3 is 11.9 Å². The molecule has 6 nitrogen and oxygen atoms in total. The van der Waals surface area contributed by atoms with Crippen molar-refractivity contribution in [3.63, 3.8) is 0 Å². The number of hydrogen-bond donors (Lipinski definition) is 3. The number of aliphatic hydroxyl groups is 2. The number of esters is 1. The van der Waals surface area contributed by atoms with Crippen molar-refractivity contribution >= 4 is 11.9 Å². The molecule has 0 heterocycles. The predicted octanol–water partition coefficient (Wildman–Crippen LogP) is 0.670. The molecule has 0 fully saturated rings. The monoisotopic (exact) mass is 256 g/mol. The van der Waals surface area contributed by atoms with Gasteiger partial charge in [0.05, 0.1) is 12.7 Å². The highest BCUT2D eigenvalue weighted by Crippen LogP contribution is 2.17. The molecule has 3 N–H and O–H groups in total. The molecular weight excluding hydrogens is 240 g/mol. The second kappa shape index (κ2) is 8.21. The second-order valence-corrected chi connectivity index (χ2v) is 3.43. The third kappa shape index (κ3) is 6.62. The molecule has 0 aliphatic rings. The van der Waals surface area contributed by atoms with Gasteiger partial charge in [0, 0.05) is 6.92 Å². The van der Waals surface area contributed by atoms with Gasteiger partial charge in [0.2, 0.25) is 0 Å². The van der Waals surface area contributed by atoms with E-state index >= 15 is 0 Å². The molecule has 0 saturated carbocycles. The Balaban J connectivity index is 0.000000494. The molecule has 0 amide bonds. The van der Waals surface area contributed by atoms with Gasteiger partial charge in [-0.15, -0.1) is 0 Å². The fourth-order valence-electron chi connectivity index (χ4n) is 0.887. The van der Waals surface area contributed by atoms with Crippen LogP contribution in [0.5, 0.6) is 5.75 Å². The minimum Gasteiger partial charge on any atom is -0.478 e. The minimum atomic E-state index is -1.11. The molecule has 0 aliphatic carbocycles. The molecule has 1 unspecified atom stereocenters. The third-order valence-electron chi connectivity index (χ3n) is 1.64. The van der Waals surface area contributed by atoms with E-state index in [1.54, 1.807) is 12.1 Å². The Bertz CT molecular complexity index is 399. The van der Waals surface area contributed by atoms with Gasteiger partial charge in [-0.2, -0.15) is 0 Å². The highest BCUT2D eigenvalue weighted by Gasteiger charge is 2.10. The third-order valence-corrected chi connectivity index (χ3v) is 1.64. The van der Waals surface area contributed by atoms with Gasteiger partial charge in [0.25, 0.3) is 0 Å². The largest absolute Gasteiger partial charge is 0.478 e. The van der Waals surface area contributed by atoms with Crippen LogP contribution in [0, 0.1) is 0 Å². The molecule has 1 atom stereocenters. The molecule has 1 rings (SSSR count). The molecule has 0 radical (unpaired) electrons. The fourth-order valence-corrected chi connectivity index (χ4v) is 0.887. The molecule has 0 bridgehead atoms. The summed E-state index contributed by atoms with van der Waals surface area (Å²) in [5.41, 5.74) is -0.0160. The molecular formula is C12H16O6. The Hall–Kier alpha value is -1.92. The van der Waals surface area contributed by atoms with Crippen molar-refractivity contribution in [2.45, 2.75) is 20.0 Å². The Morgan fingerprint density at radius 1 is 1.33 bits per heavy atom. The zero-order chi connectivity index (χ0) is 14.1. The van der Waals surface area contributed by atoms with Gasteiger partial charge in [0.1, 0.15) is 11.3 Å². The maximum absolute atomic E-state index is 10.6. The van der Waals surface area contributed by atoms with Crippen molar-refractivity contribution < 1.29 is 29.6 Å². The molecule has 0 aliphatic heterocycles. The summed E-state index contributed by atoms with van der Waals surface area (Å²) in [4.78, 5) is 21.2. The lowest BCUT2D eigenvalue weighted by molar-refractivity contribution is -0.131. The van der Waals surface area contributed by atoms with Gasteiger partial charge < -0.3 is 20.1 Å². The highest BCUT2D eigenvalue weighted by atomic mass is 16.5. The number of rotatable bonds is 3. The normalized spacial score (nSPS) is 10.9. The van der Waals surface area contributed by atoms with Crippen molar-refractivity contribution in [2.75, 3.05) is 6.61 Å². The first-order valence-electron chi connectivity index (χ1n) is 5.18. The van der Waals surface area contributed by atoms with E-state index < -0.39 is 18.0 Å². The van der Waals surface area contributed by atoms with E-state index in [0.717, 1.165) is 0 Å². The van der Waals surface area contributed by atoms with Crippen molar-refractivity contribution in [1.29, 1.82) is 0 Å². The number of carbonyl (C=O) groups is 2. The van der Waals surface area contributed by atoms with E-state index in [1.165, 1.54) is 26.0 Å². The highest BCUT2D eigenvalue weighted by molar-refractivity contribution is 5.91. The zero-order valence-electron chi connectivity index (χ0n) is 10.2. The van der Waals surface area contributed by atoms with Gasteiger partial charge in [-0.25, -0.2) is 4.79 Å². The van der Waals surface area contributed by atoms with E-state index in [0.29, 0.717) is 0 Å². The van der Waals surface area contributed by atoms with E-state index in [1.807, 2.05) is 0 Å². The smallest absolute Gasteiger partial charge is 0.339 e. The molecule has 0 saturated heterocycles. The van der Waals surface area contributed by atoms with Crippen LogP contribution in [0.3, 0.4) is 0 Å². The first kappa shape index (κ1) is 16.1. The lowest BCUT2D eigenvalue weighted by atomic mass is 10.2. The standard InChI is InChI=1S/C9H8O4.C3H8O2/c1-6(10)13-8-5-3-2-4-7(8)9(11)12;1-3(5)2-4/h2-5H,1H3,(H,11,12);3-5H,2H2,1H3. The van der Waals surface area contributed by atoms with Gasteiger partial charge in [-0.05, 0) is 19.1 Å². The Labute approximate surface area is 104 Å². The van der Waals surface area contributed by atoms with Crippen molar-refractivity contribution in [3.8, 4) is 5.75 Å². The SMILES string of the molecule is CC(=O)Oc1ccccc1C(=O)O.CC(O)CO. The number of ether oxygens (including phenoxy) is 1. The number of aromatic carboxylic acids is 1. The summed E-state index contributed by atoms with van der Waals surface area (Å²) in [6.45, 7) is 2.61. The van der Waals surface area contributed by atoms with Crippen molar-refractivity contribution in [3.05, 3.63) is 29.8 Å². The first-order valence-corrected chi connectivity index (χ1v) is 5.18. The zero-order valence-corrected chi connectivity index (χ0v) is 10.2. The molecule has 100 valence electrons. The quantitative estimate of drug-likeness (QED) is 0.542.